The Morgan fingerprint density at radius 2 is 2.38 bits per heavy atom. The first-order chi connectivity index (χ1) is 7.66. The average molecular weight is 238 g/mol. The lowest BCUT2D eigenvalue weighted by molar-refractivity contribution is -0.125. The Labute approximate surface area is 100 Å². The Hall–Kier alpha value is -0.870. The third-order valence-electron chi connectivity index (χ3n) is 3.09. The predicted octanol–water partition coefficient (Wildman–Crippen LogP) is 1.53. The molecule has 1 fully saturated rings. The van der Waals surface area contributed by atoms with Gasteiger partial charge in [-0.2, -0.15) is 0 Å². The summed E-state index contributed by atoms with van der Waals surface area (Å²) in [5.74, 6) is 0.773. The zero-order valence-electron chi connectivity index (χ0n) is 9.75. The van der Waals surface area contributed by atoms with Crippen molar-refractivity contribution >= 4 is 17.2 Å². The van der Waals surface area contributed by atoms with Crippen molar-refractivity contribution in [3.05, 3.63) is 21.9 Å². The molecule has 0 spiro atoms. The van der Waals surface area contributed by atoms with Crippen LogP contribution < -0.4 is 10.6 Å². The van der Waals surface area contributed by atoms with Crippen molar-refractivity contribution in [2.45, 2.75) is 20.4 Å². The van der Waals surface area contributed by atoms with Gasteiger partial charge in [0.25, 0.3) is 0 Å². The number of carbonyl (C=O) groups excluding carboxylic acids is 1. The molecule has 4 heteroatoms. The van der Waals surface area contributed by atoms with Gasteiger partial charge in [-0.1, -0.05) is 6.92 Å². The van der Waals surface area contributed by atoms with Crippen LogP contribution in [0.3, 0.4) is 0 Å². The molecule has 2 rings (SSSR count). The van der Waals surface area contributed by atoms with Crippen molar-refractivity contribution in [3.63, 3.8) is 0 Å². The minimum Gasteiger partial charge on any atom is -0.351 e. The van der Waals surface area contributed by atoms with Crippen LogP contribution in [0.1, 0.15) is 16.7 Å². The number of carbonyl (C=O) groups is 1. The molecule has 1 aromatic heterocycles. The van der Waals surface area contributed by atoms with E-state index in [9.17, 15) is 4.79 Å². The van der Waals surface area contributed by atoms with E-state index in [0.29, 0.717) is 12.5 Å². The van der Waals surface area contributed by atoms with Gasteiger partial charge >= 0.3 is 0 Å². The van der Waals surface area contributed by atoms with Crippen LogP contribution in [0.2, 0.25) is 0 Å². The van der Waals surface area contributed by atoms with Gasteiger partial charge in [0, 0.05) is 16.3 Å². The highest BCUT2D eigenvalue weighted by Crippen LogP contribution is 2.17. The Bertz CT molecular complexity index is 375. The fourth-order valence-electron chi connectivity index (χ4n) is 2.05. The van der Waals surface area contributed by atoms with E-state index in [-0.39, 0.29) is 11.8 Å². The standard InChI is InChI=1S/C12H18N2OS/c1-8-5-13-7-11(8)12(15)14-6-10-4-3-9(2)16-10/h3-4,8,11,13H,5-7H2,1-2H3,(H,14,15). The second-order valence-electron chi connectivity index (χ2n) is 4.47. The summed E-state index contributed by atoms with van der Waals surface area (Å²) in [5, 5.41) is 6.26. The molecule has 1 aliphatic heterocycles. The lowest BCUT2D eigenvalue weighted by Gasteiger charge is -2.13. The smallest absolute Gasteiger partial charge is 0.225 e. The van der Waals surface area contributed by atoms with Gasteiger partial charge in [-0.15, -0.1) is 11.3 Å². The van der Waals surface area contributed by atoms with Gasteiger partial charge in [-0.05, 0) is 31.5 Å². The monoisotopic (exact) mass is 238 g/mol. The first-order valence-corrected chi connectivity index (χ1v) is 6.52. The fraction of sp³-hybridized carbons (Fsp3) is 0.583. The summed E-state index contributed by atoms with van der Waals surface area (Å²) in [7, 11) is 0. The predicted molar refractivity (Wildman–Crippen MR) is 66.4 cm³/mol. The largest absolute Gasteiger partial charge is 0.351 e. The Morgan fingerprint density at radius 3 is 2.94 bits per heavy atom. The van der Waals surface area contributed by atoms with E-state index in [0.717, 1.165) is 13.1 Å². The van der Waals surface area contributed by atoms with Crippen LogP contribution in [0, 0.1) is 18.8 Å². The normalized spacial score (nSPS) is 24.6. The van der Waals surface area contributed by atoms with Crippen molar-refractivity contribution in [2.24, 2.45) is 11.8 Å². The van der Waals surface area contributed by atoms with E-state index in [4.69, 9.17) is 0 Å². The molecule has 0 aliphatic carbocycles. The van der Waals surface area contributed by atoms with Crippen molar-refractivity contribution < 1.29 is 4.79 Å². The molecule has 2 heterocycles. The zero-order valence-corrected chi connectivity index (χ0v) is 10.6. The Morgan fingerprint density at radius 1 is 1.56 bits per heavy atom. The molecular formula is C12H18N2OS. The summed E-state index contributed by atoms with van der Waals surface area (Å²) in [6.07, 6.45) is 0. The zero-order chi connectivity index (χ0) is 11.5. The molecule has 0 saturated carbocycles. The lowest BCUT2D eigenvalue weighted by atomic mass is 9.97. The Kier molecular flexibility index (Phi) is 3.61. The van der Waals surface area contributed by atoms with Gasteiger partial charge in [0.1, 0.15) is 0 Å². The van der Waals surface area contributed by atoms with E-state index in [1.54, 1.807) is 11.3 Å². The number of thiophene rings is 1. The minimum absolute atomic E-state index is 0.140. The number of amides is 1. The SMILES string of the molecule is Cc1ccc(CNC(=O)C2CNCC2C)s1. The van der Waals surface area contributed by atoms with E-state index >= 15 is 0 Å². The first-order valence-electron chi connectivity index (χ1n) is 5.70. The number of hydrogen-bond donors (Lipinski definition) is 2. The summed E-state index contributed by atoms with van der Waals surface area (Å²) >= 11 is 1.74. The minimum atomic E-state index is 0.140. The summed E-state index contributed by atoms with van der Waals surface area (Å²) in [6.45, 7) is 6.64. The van der Waals surface area contributed by atoms with Crippen LogP contribution in [0.25, 0.3) is 0 Å². The number of hydrogen-bond acceptors (Lipinski definition) is 3. The molecule has 88 valence electrons. The summed E-state index contributed by atoms with van der Waals surface area (Å²) in [4.78, 5) is 14.4. The van der Waals surface area contributed by atoms with Gasteiger partial charge < -0.3 is 10.6 Å². The molecule has 3 nitrogen and oxygen atoms in total. The molecular weight excluding hydrogens is 220 g/mol. The molecule has 2 atom stereocenters. The maximum absolute atomic E-state index is 11.9. The number of rotatable bonds is 3. The summed E-state index contributed by atoms with van der Waals surface area (Å²) in [5.41, 5.74) is 0. The van der Waals surface area contributed by atoms with E-state index in [1.165, 1.54) is 9.75 Å². The van der Waals surface area contributed by atoms with Crippen LogP contribution in [-0.2, 0) is 11.3 Å². The summed E-state index contributed by atoms with van der Waals surface area (Å²) in [6, 6.07) is 4.17. The molecule has 2 N–H and O–H groups in total. The topological polar surface area (TPSA) is 41.1 Å². The second kappa shape index (κ2) is 4.97. The number of nitrogens with one attached hydrogen (secondary N) is 2. The van der Waals surface area contributed by atoms with E-state index in [2.05, 4.69) is 36.6 Å². The Balaban J connectivity index is 1.83. The van der Waals surface area contributed by atoms with E-state index < -0.39 is 0 Å². The molecule has 0 radical (unpaired) electrons. The van der Waals surface area contributed by atoms with Gasteiger partial charge in [0.05, 0.1) is 12.5 Å². The molecule has 0 aromatic carbocycles. The van der Waals surface area contributed by atoms with Gasteiger partial charge in [0.2, 0.25) is 5.91 Å². The molecule has 16 heavy (non-hydrogen) atoms. The van der Waals surface area contributed by atoms with Gasteiger partial charge in [-0.3, -0.25) is 4.79 Å². The quantitative estimate of drug-likeness (QED) is 0.838. The van der Waals surface area contributed by atoms with Crippen molar-refractivity contribution in [3.8, 4) is 0 Å². The van der Waals surface area contributed by atoms with Crippen LogP contribution in [0.5, 0.6) is 0 Å². The molecule has 1 amide bonds. The van der Waals surface area contributed by atoms with Crippen LogP contribution in [0.15, 0.2) is 12.1 Å². The molecule has 1 saturated heterocycles. The van der Waals surface area contributed by atoms with Crippen LogP contribution in [0.4, 0.5) is 0 Å². The van der Waals surface area contributed by atoms with Crippen LogP contribution in [-0.4, -0.2) is 19.0 Å². The third kappa shape index (κ3) is 2.62. The van der Waals surface area contributed by atoms with Crippen molar-refractivity contribution in [1.82, 2.24) is 10.6 Å². The molecule has 1 aromatic rings. The van der Waals surface area contributed by atoms with E-state index in [1.807, 2.05) is 0 Å². The van der Waals surface area contributed by atoms with Crippen LogP contribution >= 0.6 is 11.3 Å². The molecule has 0 bridgehead atoms. The highest BCUT2D eigenvalue weighted by atomic mass is 32.1. The van der Waals surface area contributed by atoms with Crippen molar-refractivity contribution in [1.29, 1.82) is 0 Å². The number of aryl methyl sites for hydroxylation is 1. The average Bonchev–Trinajstić information content (AvgIpc) is 2.84. The maximum Gasteiger partial charge on any atom is 0.225 e. The highest BCUT2D eigenvalue weighted by molar-refractivity contribution is 7.11. The fourth-order valence-corrected chi connectivity index (χ4v) is 2.88. The maximum atomic E-state index is 11.9. The first kappa shape index (κ1) is 11.6. The highest BCUT2D eigenvalue weighted by Gasteiger charge is 2.29. The summed E-state index contributed by atoms with van der Waals surface area (Å²) < 4.78 is 0. The molecule has 1 aliphatic rings. The van der Waals surface area contributed by atoms with Gasteiger partial charge in [-0.25, -0.2) is 0 Å². The van der Waals surface area contributed by atoms with Crippen molar-refractivity contribution in [2.75, 3.05) is 13.1 Å². The lowest BCUT2D eigenvalue weighted by Crippen LogP contribution is -2.33. The second-order valence-corrected chi connectivity index (χ2v) is 5.84. The third-order valence-corrected chi connectivity index (χ3v) is 4.09. The molecule has 2 unspecified atom stereocenters. The van der Waals surface area contributed by atoms with Gasteiger partial charge in [0.15, 0.2) is 0 Å².